The molecule has 1 aromatic carbocycles. The third-order valence-electron chi connectivity index (χ3n) is 6.15. The van der Waals surface area contributed by atoms with E-state index in [0.717, 1.165) is 60.0 Å². The van der Waals surface area contributed by atoms with Crippen molar-refractivity contribution in [1.82, 2.24) is 19.3 Å². The summed E-state index contributed by atoms with van der Waals surface area (Å²) < 4.78 is 7.57. The summed E-state index contributed by atoms with van der Waals surface area (Å²) >= 11 is 2.87. The molecule has 5 heterocycles. The highest BCUT2D eigenvalue weighted by atomic mass is 32.1. The van der Waals surface area contributed by atoms with E-state index >= 15 is 0 Å². The lowest BCUT2D eigenvalue weighted by molar-refractivity contribution is 0.0343. The molecule has 0 aliphatic carbocycles. The first-order valence-corrected chi connectivity index (χ1v) is 13.6. The van der Waals surface area contributed by atoms with E-state index in [1.54, 1.807) is 18.2 Å². The smallest absolute Gasteiger partial charge is 0.265 e. The average molecular weight is 532 g/mol. The fraction of sp³-hybridized carbons (Fsp3) is 0.192. The number of morpholine rings is 1. The van der Waals surface area contributed by atoms with E-state index in [-0.39, 0.29) is 5.91 Å². The number of benzene rings is 1. The number of aromatic nitrogens is 3. The zero-order chi connectivity index (χ0) is 25.2. The van der Waals surface area contributed by atoms with Crippen molar-refractivity contribution in [1.29, 1.82) is 0 Å². The van der Waals surface area contributed by atoms with Gasteiger partial charge in [-0.05, 0) is 30.3 Å². The lowest BCUT2D eigenvalue weighted by Crippen LogP contribution is -2.35. The molecule has 0 radical (unpaired) electrons. The molecule has 0 bridgehead atoms. The number of thiophene rings is 1. The largest absolute Gasteiger partial charge is 0.397 e. The fourth-order valence-corrected chi connectivity index (χ4v) is 5.84. The van der Waals surface area contributed by atoms with Crippen LogP contribution in [-0.2, 0) is 11.3 Å². The van der Waals surface area contributed by atoms with Crippen molar-refractivity contribution in [2.75, 3.05) is 42.7 Å². The van der Waals surface area contributed by atoms with Crippen molar-refractivity contribution < 1.29 is 9.53 Å². The van der Waals surface area contributed by atoms with Crippen LogP contribution in [0.25, 0.3) is 17.0 Å². The van der Waals surface area contributed by atoms with E-state index in [9.17, 15) is 4.79 Å². The number of fused-ring (bicyclic) bond motifs is 1. The zero-order valence-electron chi connectivity index (χ0n) is 19.9. The maximum absolute atomic E-state index is 12.7. The molecule has 11 heteroatoms. The molecule has 9 nitrogen and oxygen atoms in total. The van der Waals surface area contributed by atoms with Crippen molar-refractivity contribution in [2.45, 2.75) is 6.54 Å². The lowest BCUT2D eigenvalue weighted by atomic mass is 10.2. The first-order chi connectivity index (χ1) is 18.1. The number of hydrogen-bond acceptors (Lipinski definition) is 9. The summed E-state index contributed by atoms with van der Waals surface area (Å²) in [6.07, 6.45) is 3.90. The minimum absolute atomic E-state index is 0.200. The second kappa shape index (κ2) is 10.3. The molecule has 1 fully saturated rings. The molecule has 188 valence electrons. The summed E-state index contributed by atoms with van der Waals surface area (Å²) in [5.41, 5.74) is 11.0. The molecule has 0 spiro atoms. The molecule has 6 rings (SSSR count). The topological polar surface area (TPSA) is 110 Å². The Morgan fingerprint density at radius 1 is 1.11 bits per heavy atom. The van der Waals surface area contributed by atoms with Gasteiger partial charge in [0.15, 0.2) is 5.13 Å². The van der Waals surface area contributed by atoms with E-state index in [4.69, 9.17) is 20.4 Å². The summed E-state index contributed by atoms with van der Waals surface area (Å²) in [4.78, 5) is 25.1. The summed E-state index contributed by atoms with van der Waals surface area (Å²) in [6, 6.07) is 15.1. The molecule has 1 aliphatic heterocycles. The van der Waals surface area contributed by atoms with Crippen molar-refractivity contribution in [3.63, 3.8) is 0 Å². The predicted octanol–water partition coefficient (Wildman–Crippen LogP) is 4.93. The number of nitrogen functional groups attached to an aromatic ring is 1. The molecular formula is C26H25N7O2S2. The van der Waals surface area contributed by atoms with E-state index in [0.29, 0.717) is 16.3 Å². The molecule has 0 atom stereocenters. The molecule has 5 aromatic rings. The first kappa shape index (κ1) is 23.6. The Hall–Kier alpha value is -3.77. The summed E-state index contributed by atoms with van der Waals surface area (Å²) in [5.74, 6) is -0.200. The van der Waals surface area contributed by atoms with E-state index in [1.807, 2.05) is 36.0 Å². The summed E-state index contributed by atoms with van der Waals surface area (Å²) in [6.45, 7) is 4.26. The predicted molar refractivity (Wildman–Crippen MR) is 149 cm³/mol. The molecule has 4 N–H and O–H groups in total. The Balaban J connectivity index is 1.16. The molecule has 1 aliphatic rings. The van der Waals surface area contributed by atoms with Gasteiger partial charge in [-0.25, -0.2) is 9.97 Å². The van der Waals surface area contributed by atoms with Gasteiger partial charge in [-0.2, -0.15) is 0 Å². The van der Waals surface area contributed by atoms with Crippen molar-refractivity contribution in [2.24, 2.45) is 0 Å². The van der Waals surface area contributed by atoms with Gasteiger partial charge in [0.1, 0.15) is 11.3 Å². The highest BCUT2D eigenvalue weighted by Crippen LogP contribution is 2.31. The Morgan fingerprint density at radius 3 is 2.84 bits per heavy atom. The Morgan fingerprint density at radius 2 is 1.97 bits per heavy atom. The van der Waals surface area contributed by atoms with Crippen LogP contribution in [0.3, 0.4) is 0 Å². The van der Waals surface area contributed by atoms with Gasteiger partial charge in [-0.1, -0.05) is 18.2 Å². The molecular weight excluding hydrogens is 506 g/mol. The number of nitrogens with two attached hydrogens (primary N) is 1. The minimum atomic E-state index is -0.200. The highest BCUT2D eigenvalue weighted by molar-refractivity contribution is 7.19. The number of rotatable bonds is 7. The van der Waals surface area contributed by atoms with Crippen LogP contribution in [0.4, 0.5) is 21.5 Å². The quantitative estimate of drug-likeness (QED) is 0.256. The normalized spacial score (nSPS) is 14.2. The van der Waals surface area contributed by atoms with Crippen LogP contribution in [0.1, 0.15) is 15.2 Å². The number of imidazole rings is 1. The minimum Gasteiger partial charge on any atom is -0.397 e. The van der Waals surface area contributed by atoms with Crippen LogP contribution < -0.4 is 16.4 Å². The number of nitrogens with one attached hydrogen (secondary N) is 2. The van der Waals surface area contributed by atoms with Crippen LogP contribution in [0.2, 0.25) is 0 Å². The second-order valence-electron chi connectivity index (χ2n) is 8.63. The number of pyridine rings is 1. The van der Waals surface area contributed by atoms with Crippen LogP contribution in [0, 0.1) is 0 Å². The monoisotopic (exact) mass is 531 g/mol. The number of thiazole rings is 1. The number of carbonyl (C=O) groups excluding carboxylic acids is 1. The maximum Gasteiger partial charge on any atom is 0.265 e. The fourth-order valence-electron chi connectivity index (χ4n) is 4.26. The number of ether oxygens (including phenoxy) is 1. The highest BCUT2D eigenvalue weighted by Gasteiger charge is 2.17. The van der Waals surface area contributed by atoms with Crippen LogP contribution in [-0.4, -0.2) is 51.5 Å². The summed E-state index contributed by atoms with van der Waals surface area (Å²) in [7, 11) is 0. The van der Waals surface area contributed by atoms with Gasteiger partial charge in [0.25, 0.3) is 5.91 Å². The Bertz CT molecular complexity index is 1550. The first-order valence-electron chi connectivity index (χ1n) is 11.9. The Labute approximate surface area is 221 Å². The number of anilines is 4. The van der Waals surface area contributed by atoms with Gasteiger partial charge in [0.05, 0.1) is 46.4 Å². The van der Waals surface area contributed by atoms with Gasteiger partial charge in [-0.3, -0.25) is 14.1 Å². The van der Waals surface area contributed by atoms with Crippen molar-refractivity contribution in [3.8, 4) is 11.4 Å². The van der Waals surface area contributed by atoms with Crippen LogP contribution >= 0.6 is 22.7 Å². The van der Waals surface area contributed by atoms with Crippen molar-refractivity contribution >= 4 is 55.7 Å². The van der Waals surface area contributed by atoms with Crippen LogP contribution in [0.15, 0.2) is 66.3 Å². The van der Waals surface area contributed by atoms with Gasteiger partial charge in [0, 0.05) is 36.8 Å². The molecule has 1 saturated heterocycles. The third kappa shape index (κ3) is 5.07. The van der Waals surface area contributed by atoms with Crippen molar-refractivity contribution in [3.05, 3.63) is 76.7 Å². The Kier molecular flexibility index (Phi) is 6.58. The molecule has 37 heavy (non-hydrogen) atoms. The maximum atomic E-state index is 12.7. The third-order valence-corrected chi connectivity index (χ3v) is 7.91. The number of amides is 1. The number of carbonyl (C=O) groups is 1. The van der Waals surface area contributed by atoms with Crippen LogP contribution in [0.5, 0.6) is 0 Å². The SMILES string of the molecule is Nc1ccccc1NC(=O)c1ccc(Nc2nc(-c3cnc4c(CN5CCOCC5)cccn34)cs2)s1. The molecule has 0 saturated carbocycles. The second-order valence-corrected chi connectivity index (χ2v) is 10.6. The standard InChI is InChI=1S/C26H25N7O2S2/c27-18-5-1-2-6-19(18)29-25(34)22-7-8-23(37-22)31-26-30-20(16-36-26)21-14-28-24-17(4-3-9-33(21)24)15-32-10-12-35-13-11-32/h1-9,14,16H,10-13,15,27H2,(H,29,34)(H,30,31). The van der Waals surface area contributed by atoms with Gasteiger partial charge < -0.3 is 21.1 Å². The summed E-state index contributed by atoms with van der Waals surface area (Å²) in [5, 5.41) is 9.77. The average Bonchev–Trinajstić information content (AvgIpc) is 3.67. The van der Waals surface area contributed by atoms with Gasteiger partial charge in [0.2, 0.25) is 0 Å². The lowest BCUT2D eigenvalue weighted by Gasteiger charge is -2.26. The molecule has 1 amide bonds. The van der Waals surface area contributed by atoms with E-state index in [1.165, 1.54) is 28.2 Å². The molecule has 4 aromatic heterocycles. The van der Waals surface area contributed by atoms with Gasteiger partial charge in [-0.15, -0.1) is 22.7 Å². The van der Waals surface area contributed by atoms with E-state index < -0.39 is 0 Å². The number of hydrogen-bond donors (Lipinski definition) is 3. The zero-order valence-corrected chi connectivity index (χ0v) is 21.5. The molecule has 0 unspecified atom stereocenters. The number of para-hydroxylation sites is 2. The van der Waals surface area contributed by atoms with Gasteiger partial charge >= 0.3 is 0 Å². The van der Waals surface area contributed by atoms with E-state index in [2.05, 4.69) is 32.1 Å². The number of nitrogens with zero attached hydrogens (tertiary/aromatic N) is 4.